The van der Waals surface area contributed by atoms with Crippen LogP contribution in [0.1, 0.15) is 31.9 Å². The van der Waals surface area contributed by atoms with Crippen molar-refractivity contribution in [2.45, 2.75) is 63.1 Å². The third kappa shape index (κ3) is 4.67. The van der Waals surface area contributed by atoms with Crippen molar-refractivity contribution in [3.63, 3.8) is 0 Å². The number of hydrogen-bond acceptors (Lipinski definition) is 5. The first-order valence-electron chi connectivity index (χ1n) is 14.8. The lowest BCUT2D eigenvalue weighted by Gasteiger charge is -2.42. The van der Waals surface area contributed by atoms with Crippen LogP contribution in [0.2, 0.25) is 0 Å². The fourth-order valence-corrected chi connectivity index (χ4v) is 7.21. The van der Waals surface area contributed by atoms with Crippen LogP contribution in [0, 0.1) is 11.8 Å². The summed E-state index contributed by atoms with van der Waals surface area (Å²) in [5, 5.41) is 10.7. The molecule has 6 atom stereocenters. The Bertz CT molecular complexity index is 1400. The molecule has 1 N–H and O–H groups in total. The van der Waals surface area contributed by atoms with Crippen LogP contribution in [0.3, 0.4) is 0 Å². The van der Waals surface area contributed by atoms with Crippen molar-refractivity contribution < 1.29 is 24.2 Å². The smallest absolute Gasteiger partial charge is 0.249 e. The van der Waals surface area contributed by atoms with Crippen LogP contribution < -0.4 is 0 Å². The van der Waals surface area contributed by atoms with Crippen LogP contribution in [-0.4, -0.2) is 86.6 Å². The van der Waals surface area contributed by atoms with E-state index in [2.05, 4.69) is 0 Å². The number of aliphatic hydroxyl groups is 1. The predicted molar refractivity (Wildman–Crippen MR) is 158 cm³/mol. The molecule has 42 heavy (non-hydrogen) atoms. The molecular formula is C34H39N3O5. The van der Waals surface area contributed by atoms with Gasteiger partial charge in [0.05, 0.1) is 30.6 Å². The highest BCUT2D eigenvalue weighted by atomic mass is 16.5. The largest absolute Gasteiger partial charge is 0.394 e. The highest BCUT2D eigenvalue weighted by molar-refractivity contribution is 6.00. The number of aliphatic hydroxyl groups excluding tert-OH is 1. The Labute approximate surface area is 247 Å². The van der Waals surface area contributed by atoms with E-state index >= 15 is 0 Å². The lowest BCUT2D eigenvalue weighted by Crippen LogP contribution is -2.61. The second-order valence-electron chi connectivity index (χ2n) is 12.8. The van der Waals surface area contributed by atoms with E-state index in [9.17, 15) is 19.5 Å². The minimum atomic E-state index is -1.33. The summed E-state index contributed by atoms with van der Waals surface area (Å²) in [6.45, 7) is 6.76. The van der Waals surface area contributed by atoms with E-state index in [0.717, 1.165) is 11.1 Å². The number of hydrogen-bond donors (Lipinski definition) is 1. The Morgan fingerprint density at radius 1 is 0.905 bits per heavy atom. The van der Waals surface area contributed by atoms with E-state index in [-0.39, 0.29) is 24.3 Å². The summed E-state index contributed by atoms with van der Waals surface area (Å²) in [5.41, 5.74) is 0.0979. The number of amides is 3. The van der Waals surface area contributed by atoms with Gasteiger partial charge in [-0.1, -0.05) is 85.0 Å². The molecule has 220 valence electrons. The number of rotatable bonds is 6. The molecule has 4 heterocycles. The zero-order chi connectivity index (χ0) is 29.6. The van der Waals surface area contributed by atoms with Gasteiger partial charge in [-0.2, -0.15) is 0 Å². The van der Waals surface area contributed by atoms with E-state index in [1.165, 1.54) is 0 Å². The number of likely N-dealkylation sites (tertiary alicyclic amines) is 1. The molecule has 8 nitrogen and oxygen atoms in total. The molecule has 3 amide bonds. The Kier molecular flexibility index (Phi) is 7.31. The normalized spacial score (nSPS) is 29.7. The first kappa shape index (κ1) is 28.4. The van der Waals surface area contributed by atoms with E-state index < -0.39 is 41.2 Å². The molecule has 2 fully saturated rings. The van der Waals surface area contributed by atoms with Crippen molar-refractivity contribution in [1.82, 2.24) is 14.7 Å². The molecule has 0 aliphatic carbocycles. The summed E-state index contributed by atoms with van der Waals surface area (Å²) in [5.74, 6) is -2.40. The third-order valence-electron chi connectivity index (χ3n) is 9.12. The van der Waals surface area contributed by atoms with Gasteiger partial charge in [0.15, 0.2) is 0 Å². The van der Waals surface area contributed by atoms with Crippen molar-refractivity contribution in [1.29, 1.82) is 0 Å². The molecule has 1 spiro atoms. The van der Waals surface area contributed by atoms with E-state index in [0.29, 0.717) is 26.1 Å². The highest BCUT2D eigenvalue weighted by Gasteiger charge is 2.72. The number of fused-ring (bicyclic) bond motifs is 2. The summed E-state index contributed by atoms with van der Waals surface area (Å²) in [6, 6.07) is 17.8. The maximum Gasteiger partial charge on any atom is 0.249 e. The standard InChI is InChI=1S/C34H39N3O5/c1-33(2,3)36-19-11-17-34-28(27-26(42-34)16-10-18-35(30(27)39)21-24-14-8-5-9-15-24)31(40)37(29(34)32(36)41)25(22-38)20-23-12-6-4-7-13-23/h4-17,25-29,38H,18-22H2,1-3H3/t25-,26+,27-,28+,29?,34+/m1/s1. The summed E-state index contributed by atoms with van der Waals surface area (Å²) in [6.07, 6.45) is 7.30. The average molecular weight is 570 g/mol. The number of benzene rings is 2. The quantitative estimate of drug-likeness (QED) is 0.541. The molecule has 0 aromatic heterocycles. The molecule has 4 aliphatic heterocycles. The number of carbonyl (C=O) groups is 3. The maximum atomic E-state index is 14.7. The third-order valence-corrected chi connectivity index (χ3v) is 9.12. The van der Waals surface area contributed by atoms with Gasteiger partial charge >= 0.3 is 0 Å². The van der Waals surface area contributed by atoms with Crippen molar-refractivity contribution in [3.05, 3.63) is 96.1 Å². The van der Waals surface area contributed by atoms with Gasteiger partial charge in [0, 0.05) is 25.2 Å². The summed E-state index contributed by atoms with van der Waals surface area (Å²) < 4.78 is 6.77. The topological polar surface area (TPSA) is 90.4 Å². The molecule has 0 radical (unpaired) electrons. The summed E-state index contributed by atoms with van der Waals surface area (Å²) in [4.78, 5) is 48.5. The zero-order valence-corrected chi connectivity index (χ0v) is 24.4. The second-order valence-corrected chi connectivity index (χ2v) is 12.8. The monoisotopic (exact) mass is 569 g/mol. The fourth-order valence-electron chi connectivity index (χ4n) is 7.21. The fraction of sp³-hybridized carbons (Fsp3) is 0.441. The molecule has 6 rings (SSSR count). The van der Waals surface area contributed by atoms with Crippen molar-refractivity contribution in [2.75, 3.05) is 19.7 Å². The average Bonchev–Trinajstić information content (AvgIpc) is 3.29. The van der Waals surface area contributed by atoms with Gasteiger partial charge in [0.25, 0.3) is 0 Å². The van der Waals surface area contributed by atoms with Crippen LogP contribution in [0.25, 0.3) is 0 Å². The molecule has 8 heteroatoms. The van der Waals surface area contributed by atoms with E-state index in [4.69, 9.17) is 4.74 Å². The lowest BCUT2D eigenvalue weighted by atomic mass is 9.77. The Morgan fingerprint density at radius 2 is 1.57 bits per heavy atom. The zero-order valence-electron chi connectivity index (χ0n) is 24.4. The lowest BCUT2D eigenvalue weighted by molar-refractivity contribution is -0.154. The molecule has 1 unspecified atom stereocenters. The number of nitrogens with zero attached hydrogens (tertiary/aromatic N) is 3. The highest BCUT2D eigenvalue weighted by Crippen LogP contribution is 2.54. The van der Waals surface area contributed by atoms with E-state index in [1.54, 1.807) is 14.7 Å². The second kappa shape index (κ2) is 10.8. The predicted octanol–water partition coefficient (Wildman–Crippen LogP) is 2.97. The number of carbonyl (C=O) groups excluding carboxylic acids is 3. The minimum absolute atomic E-state index is 0.161. The first-order valence-corrected chi connectivity index (χ1v) is 14.8. The van der Waals surface area contributed by atoms with Crippen LogP contribution >= 0.6 is 0 Å². The van der Waals surface area contributed by atoms with Gasteiger partial charge in [0.1, 0.15) is 11.6 Å². The molecular weight excluding hydrogens is 530 g/mol. The SMILES string of the molecule is CC(C)(C)N1CC=C[C@]23O[C@H]4C=CCN(Cc5ccccc5)C(=O)[C@H]4[C@H]2C(=O)N([C@@H](CO)Cc2ccccc2)C3C1=O. The van der Waals surface area contributed by atoms with Crippen LogP contribution in [0.4, 0.5) is 0 Å². The Hall–Kier alpha value is -3.75. The molecule has 2 aromatic rings. The van der Waals surface area contributed by atoms with Gasteiger partial charge in [-0.15, -0.1) is 0 Å². The molecule has 2 aromatic carbocycles. The van der Waals surface area contributed by atoms with Gasteiger partial charge in [-0.3, -0.25) is 14.4 Å². The van der Waals surface area contributed by atoms with Crippen molar-refractivity contribution in [2.24, 2.45) is 11.8 Å². The maximum absolute atomic E-state index is 14.7. The molecule has 4 aliphatic rings. The summed E-state index contributed by atoms with van der Waals surface area (Å²) in [7, 11) is 0. The van der Waals surface area contributed by atoms with Crippen LogP contribution in [0.5, 0.6) is 0 Å². The number of ether oxygens (including phenoxy) is 1. The first-order chi connectivity index (χ1) is 20.2. The van der Waals surface area contributed by atoms with Crippen LogP contribution in [-0.2, 0) is 32.1 Å². The Morgan fingerprint density at radius 3 is 2.21 bits per heavy atom. The van der Waals surface area contributed by atoms with Crippen LogP contribution in [0.15, 0.2) is 85.0 Å². The van der Waals surface area contributed by atoms with Crippen molar-refractivity contribution in [3.8, 4) is 0 Å². The van der Waals surface area contributed by atoms with E-state index in [1.807, 2.05) is 106 Å². The van der Waals surface area contributed by atoms with Gasteiger partial charge in [0.2, 0.25) is 17.7 Å². The van der Waals surface area contributed by atoms with Gasteiger partial charge < -0.3 is 24.5 Å². The van der Waals surface area contributed by atoms with Gasteiger partial charge in [-0.25, -0.2) is 0 Å². The minimum Gasteiger partial charge on any atom is -0.394 e. The van der Waals surface area contributed by atoms with Gasteiger partial charge in [-0.05, 0) is 38.3 Å². The molecule has 2 saturated heterocycles. The summed E-state index contributed by atoms with van der Waals surface area (Å²) >= 11 is 0. The molecule has 0 saturated carbocycles. The van der Waals surface area contributed by atoms with Crippen molar-refractivity contribution >= 4 is 17.7 Å². The Balaban J connectivity index is 1.43. The molecule has 0 bridgehead atoms.